The Kier molecular flexibility index (Phi) is 16.7. The summed E-state index contributed by atoms with van der Waals surface area (Å²) >= 11 is 0. The number of esters is 1. The van der Waals surface area contributed by atoms with Gasteiger partial charge in [0, 0.05) is 38.3 Å². The van der Waals surface area contributed by atoms with Crippen LogP contribution in [-0.2, 0) is 24.7 Å². The minimum Gasteiger partial charge on any atom is -0.497 e. The van der Waals surface area contributed by atoms with Crippen LogP contribution in [0.1, 0.15) is 160 Å². The van der Waals surface area contributed by atoms with E-state index in [0.717, 1.165) is 109 Å². The van der Waals surface area contributed by atoms with E-state index in [-0.39, 0.29) is 35.9 Å². The molecule has 8 heteroatoms. The lowest BCUT2D eigenvalue weighted by molar-refractivity contribution is -0.151. The number of fused-ring (bicyclic) bond motifs is 5. The highest BCUT2D eigenvalue weighted by molar-refractivity contribution is 5.76. The molecule has 4 aliphatic carbocycles. The topological polar surface area (TPSA) is 94.5 Å². The lowest BCUT2D eigenvalue weighted by Crippen LogP contribution is -2.51. The number of amides is 1. The number of aliphatic hydroxyl groups excluding tert-OH is 1. The van der Waals surface area contributed by atoms with Crippen LogP contribution in [0.25, 0.3) is 0 Å². The Hall–Kier alpha value is -4.14. The molecule has 1 N–H and O–H groups in total. The molecule has 69 heavy (non-hydrogen) atoms. The first kappa shape index (κ1) is 51.2. The van der Waals surface area contributed by atoms with Gasteiger partial charge in [0.25, 0.3) is 0 Å². The summed E-state index contributed by atoms with van der Waals surface area (Å²) in [7, 11) is 3.31. The Labute approximate surface area is 415 Å². The van der Waals surface area contributed by atoms with Gasteiger partial charge in [-0.2, -0.15) is 0 Å². The number of likely N-dealkylation sites (tertiary alicyclic amines) is 1. The minimum atomic E-state index is -0.999. The van der Waals surface area contributed by atoms with E-state index >= 15 is 0 Å². The molecule has 1 saturated heterocycles. The van der Waals surface area contributed by atoms with Crippen molar-refractivity contribution in [2.45, 2.75) is 162 Å². The number of benzene rings is 3. The third-order valence-corrected chi connectivity index (χ3v) is 18.5. The Bertz CT molecular complexity index is 2120. The summed E-state index contributed by atoms with van der Waals surface area (Å²) in [6, 6.07) is 26.0. The van der Waals surface area contributed by atoms with Crippen molar-refractivity contribution >= 4 is 11.9 Å². The van der Waals surface area contributed by atoms with Gasteiger partial charge in [-0.05, 0) is 145 Å². The zero-order valence-electron chi connectivity index (χ0n) is 43.3. The van der Waals surface area contributed by atoms with E-state index < -0.39 is 11.7 Å². The molecule has 0 spiro atoms. The van der Waals surface area contributed by atoms with E-state index in [9.17, 15) is 14.7 Å². The predicted molar refractivity (Wildman–Crippen MR) is 275 cm³/mol. The Morgan fingerprint density at radius 1 is 0.739 bits per heavy atom. The molecule has 0 aromatic heterocycles. The summed E-state index contributed by atoms with van der Waals surface area (Å²) in [6.45, 7) is 13.5. The van der Waals surface area contributed by atoms with Gasteiger partial charge in [0.2, 0.25) is 5.91 Å². The molecule has 1 heterocycles. The standard InChI is InChI=1S/C61H85NO7/c1-42(2)16-15-17-43(3)53-32-33-54-52-31-26-48-38-51(34-36-59(48,4)55(52)35-37-60(53,54)5)69-58(65)21-14-9-8-13-20-57(64)62-39-44(56(63)40-62)41-68-61(45-18-11-10-12-19-45,46-22-27-49(66-6)28-23-46)47-24-29-50(67-7)30-25-47/h10-12,18-19,22-30,42-44,51-56,63H,8-9,13-17,20-21,31-41H2,1-7H3/t43-,44?,51-,52?,53?,54?,55?,56?,59-,60+/m0/s1. The predicted octanol–water partition coefficient (Wildman–Crippen LogP) is 13.1. The number of methoxy groups -OCH3 is 2. The largest absolute Gasteiger partial charge is 0.497 e. The molecule has 3 aromatic carbocycles. The minimum absolute atomic E-state index is 0.00733. The molecule has 376 valence electrons. The first-order valence-corrected chi connectivity index (χ1v) is 27.1. The molecule has 0 radical (unpaired) electrons. The molecular formula is C61H85NO7. The van der Waals surface area contributed by atoms with Crippen molar-refractivity contribution in [3.8, 4) is 11.5 Å². The van der Waals surface area contributed by atoms with E-state index in [1.165, 1.54) is 51.4 Å². The van der Waals surface area contributed by atoms with Crippen LogP contribution in [0.5, 0.6) is 11.5 Å². The van der Waals surface area contributed by atoms with Crippen molar-refractivity contribution in [1.29, 1.82) is 0 Å². The van der Waals surface area contributed by atoms with Crippen molar-refractivity contribution < 1.29 is 33.6 Å². The molecule has 8 nitrogen and oxygen atoms in total. The van der Waals surface area contributed by atoms with Gasteiger partial charge in [0.15, 0.2) is 0 Å². The summed E-state index contributed by atoms with van der Waals surface area (Å²) in [5.74, 6) is 6.16. The second-order valence-electron chi connectivity index (χ2n) is 23.0. The molecule has 4 fully saturated rings. The van der Waals surface area contributed by atoms with Gasteiger partial charge in [-0.1, -0.05) is 133 Å². The van der Waals surface area contributed by atoms with E-state index in [2.05, 4.69) is 52.8 Å². The number of allylic oxidation sites excluding steroid dienone is 1. The smallest absolute Gasteiger partial charge is 0.306 e. The summed E-state index contributed by atoms with van der Waals surface area (Å²) in [6.07, 6.45) is 20.0. The first-order chi connectivity index (χ1) is 33.3. The van der Waals surface area contributed by atoms with Gasteiger partial charge < -0.3 is 29.0 Å². The van der Waals surface area contributed by atoms with Gasteiger partial charge in [-0.3, -0.25) is 9.59 Å². The Morgan fingerprint density at radius 3 is 2.04 bits per heavy atom. The molecule has 8 rings (SSSR count). The Balaban J connectivity index is 0.774. The van der Waals surface area contributed by atoms with Crippen molar-refractivity contribution in [2.75, 3.05) is 33.9 Å². The van der Waals surface area contributed by atoms with Gasteiger partial charge in [-0.25, -0.2) is 0 Å². The second-order valence-corrected chi connectivity index (χ2v) is 23.0. The van der Waals surface area contributed by atoms with E-state index in [1.54, 1.807) is 24.7 Å². The highest BCUT2D eigenvalue weighted by atomic mass is 16.5. The number of nitrogens with zero attached hydrogens (tertiary/aromatic N) is 1. The van der Waals surface area contributed by atoms with Crippen LogP contribution in [0.4, 0.5) is 0 Å². The number of carbonyl (C=O) groups excluding carboxylic acids is 2. The van der Waals surface area contributed by atoms with Gasteiger partial charge in [-0.15, -0.1) is 0 Å². The van der Waals surface area contributed by atoms with Gasteiger partial charge in [0.1, 0.15) is 23.2 Å². The molecule has 6 unspecified atom stereocenters. The molecule has 1 amide bonds. The third-order valence-electron chi connectivity index (χ3n) is 18.5. The quantitative estimate of drug-likeness (QED) is 0.0492. The summed E-state index contributed by atoms with van der Waals surface area (Å²) < 4.78 is 24.2. The van der Waals surface area contributed by atoms with Crippen LogP contribution in [0.2, 0.25) is 0 Å². The maximum Gasteiger partial charge on any atom is 0.306 e. The number of carbonyl (C=O) groups is 2. The number of β-amino-alcohol motifs (C(OH)–C–C–N with tert-alkyl or cyclic N) is 1. The SMILES string of the molecule is COc1ccc(C(OCC2CN(C(=O)CCCCCCC(=O)O[C@H]3CC[C@@]4(C)C(=CCC5C6CCC([C@@H](C)CCCC(C)C)[C@@]6(C)CCC54)C3)CC2O)(c2ccccc2)c2ccc(OC)cc2)cc1. The van der Waals surface area contributed by atoms with Gasteiger partial charge in [0.05, 0.1) is 26.9 Å². The fourth-order valence-electron chi connectivity index (χ4n) is 14.6. The molecule has 1 aliphatic heterocycles. The lowest BCUT2D eigenvalue weighted by atomic mass is 9.47. The number of rotatable bonds is 21. The summed E-state index contributed by atoms with van der Waals surface area (Å²) in [5, 5.41) is 11.3. The fourth-order valence-corrected chi connectivity index (χ4v) is 14.6. The molecule has 5 aliphatic rings. The fraction of sp³-hybridized carbons (Fsp3) is 0.639. The summed E-state index contributed by atoms with van der Waals surface area (Å²) in [4.78, 5) is 28.5. The molecular weight excluding hydrogens is 859 g/mol. The van der Waals surface area contributed by atoms with Crippen molar-refractivity contribution in [2.24, 2.45) is 52.3 Å². The van der Waals surface area contributed by atoms with Crippen molar-refractivity contribution in [1.82, 2.24) is 4.90 Å². The number of aliphatic hydroxyl groups is 1. The Morgan fingerprint density at radius 2 is 1.39 bits per heavy atom. The number of unbranched alkanes of at least 4 members (excludes halogenated alkanes) is 3. The average molecular weight is 944 g/mol. The van der Waals surface area contributed by atoms with Crippen LogP contribution < -0.4 is 9.47 Å². The van der Waals surface area contributed by atoms with E-state index in [0.29, 0.717) is 31.3 Å². The molecule has 10 atom stereocenters. The average Bonchev–Trinajstić information content (AvgIpc) is 3.92. The highest BCUT2D eigenvalue weighted by Gasteiger charge is 2.59. The highest BCUT2D eigenvalue weighted by Crippen LogP contribution is 2.67. The maximum atomic E-state index is 13.5. The third kappa shape index (κ3) is 11.0. The maximum absolute atomic E-state index is 13.5. The van der Waals surface area contributed by atoms with Crippen LogP contribution in [0.15, 0.2) is 90.5 Å². The number of hydrogen-bond donors (Lipinski definition) is 1. The van der Waals surface area contributed by atoms with Crippen LogP contribution >= 0.6 is 0 Å². The van der Waals surface area contributed by atoms with Crippen LogP contribution in [0.3, 0.4) is 0 Å². The first-order valence-electron chi connectivity index (χ1n) is 27.1. The normalized spacial score (nSPS) is 29.1. The molecule has 0 bridgehead atoms. The van der Waals surface area contributed by atoms with E-state index in [4.69, 9.17) is 18.9 Å². The van der Waals surface area contributed by atoms with Crippen LogP contribution in [0, 0.1) is 52.3 Å². The lowest BCUT2D eigenvalue weighted by Gasteiger charge is -2.58. The molecule has 3 aromatic rings. The number of hydrogen-bond acceptors (Lipinski definition) is 7. The van der Waals surface area contributed by atoms with Gasteiger partial charge >= 0.3 is 5.97 Å². The second kappa shape index (κ2) is 22.5. The zero-order valence-corrected chi connectivity index (χ0v) is 43.3. The molecule has 3 saturated carbocycles. The van der Waals surface area contributed by atoms with Crippen molar-refractivity contribution in [3.05, 3.63) is 107 Å². The zero-order chi connectivity index (χ0) is 48.8. The monoisotopic (exact) mass is 944 g/mol. The summed E-state index contributed by atoms with van der Waals surface area (Å²) in [5.41, 5.74) is 4.11. The van der Waals surface area contributed by atoms with Crippen LogP contribution in [-0.4, -0.2) is 68.0 Å². The van der Waals surface area contributed by atoms with E-state index in [1.807, 2.05) is 66.7 Å². The van der Waals surface area contributed by atoms with Crippen molar-refractivity contribution in [3.63, 3.8) is 0 Å². The number of ether oxygens (including phenoxy) is 4.